The van der Waals surface area contributed by atoms with Gasteiger partial charge < -0.3 is 0 Å². The fourth-order valence-electron chi connectivity index (χ4n) is 2.21. The summed E-state index contributed by atoms with van der Waals surface area (Å²) in [5.74, 6) is 0. The molecule has 4 heteroatoms. The summed E-state index contributed by atoms with van der Waals surface area (Å²) in [6.45, 7) is 1.63. The molecule has 0 amide bonds. The van der Waals surface area contributed by atoms with Gasteiger partial charge in [0.2, 0.25) is 0 Å². The van der Waals surface area contributed by atoms with Crippen molar-refractivity contribution in [2.75, 3.05) is 6.61 Å². The third kappa shape index (κ3) is 1.37. The Labute approximate surface area is 91.9 Å². The van der Waals surface area contributed by atoms with Gasteiger partial charge in [-0.1, -0.05) is 0 Å². The molecule has 1 N–H and O–H groups in total. The Balaban J connectivity index is 2.01. The van der Waals surface area contributed by atoms with E-state index >= 15 is 0 Å². The Bertz CT molecular complexity index is 365. The van der Waals surface area contributed by atoms with Gasteiger partial charge in [-0.05, 0) is 0 Å². The van der Waals surface area contributed by atoms with Gasteiger partial charge in [-0.3, -0.25) is 0 Å². The van der Waals surface area contributed by atoms with Crippen LogP contribution in [0.3, 0.4) is 0 Å². The van der Waals surface area contributed by atoms with Crippen molar-refractivity contribution in [2.45, 2.75) is 25.0 Å². The number of benzene rings is 1. The first kappa shape index (κ1) is 9.82. The van der Waals surface area contributed by atoms with Gasteiger partial charge in [-0.25, -0.2) is 0 Å². The van der Waals surface area contributed by atoms with Gasteiger partial charge >= 0.3 is 91.6 Å². The Kier molecular flexibility index (Phi) is 2.34. The topological polar surface area (TPSA) is 38.7 Å². The summed E-state index contributed by atoms with van der Waals surface area (Å²) in [6, 6.07) is 6.34. The van der Waals surface area contributed by atoms with Crippen LogP contribution in [0.15, 0.2) is 18.2 Å². The summed E-state index contributed by atoms with van der Waals surface area (Å²) in [5, 5.41) is 9.82. The maximum atomic E-state index is 8.92. The van der Waals surface area contributed by atoms with Gasteiger partial charge in [-0.15, -0.1) is 0 Å². The summed E-state index contributed by atoms with van der Waals surface area (Å²) in [4.78, 5) is 0. The zero-order chi connectivity index (χ0) is 10.3. The van der Waals surface area contributed by atoms with Gasteiger partial charge in [-0.2, -0.15) is 0 Å². The molecular formula is C11H14O3Se. The molecular weight excluding hydrogens is 259 g/mol. The minimum absolute atomic E-state index is 0.226. The second-order valence-electron chi connectivity index (χ2n) is 3.83. The first-order chi connectivity index (χ1) is 7.36. The molecule has 0 saturated carbocycles. The second kappa shape index (κ2) is 3.58. The third-order valence-corrected chi connectivity index (χ3v) is 9.10. The molecule has 3 nitrogen and oxygen atoms in total. The molecule has 0 saturated heterocycles. The molecule has 0 radical (unpaired) electrons. The van der Waals surface area contributed by atoms with Gasteiger partial charge in [0.25, 0.3) is 0 Å². The van der Waals surface area contributed by atoms with Crippen molar-refractivity contribution in [2.24, 2.45) is 0 Å². The molecule has 15 heavy (non-hydrogen) atoms. The molecule has 0 fully saturated rings. The van der Waals surface area contributed by atoms with Gasteiger partial charge in [0, 0.05) is 0 Å². The Morgan fingerprint density at radius 1 is 1.20 bits per heavy atom. The van der Waals surface area contributed by atoms with Crippen LogP contribution >= 0.6 is 0 Å². The fraction of sp³-hybridized carbons (Fsp3) is 0.455. The molecule has 1 aromatic rings. The molecule has 1 aromatic carbocycles. The predicted octanol–water partition coefficient (Wildman–Crippen LogP) is 0.779. The van der Waals surface area contributed by atoms with Gasteiger partial charge in [0.05, 0.1) is 0 Å². The van der Waals surface area contributed by atoms with Crippen molar-refractivity contribution in [3.05, 3.63) is 29.3 Å². The van der Waals surface area contributed by atoms with E-state index in [1.807, 2.05) is 0 Å². The average molecular weight is 273 g/mol. The van der Waals surface area contributed by atoms with Crippen molar-refractivity contribution >= 4 is 18.0 Å². The zero-order valence-electron chi connectivity index (χ0n) is 8.44. The number of aliphatic hydroxyl groups excluding tert-OH is 1. The molecule has 0 unspecified atom stereocenters. The van der Waals surface area contributed by atoms with Gasteiger partial charge in [0.15, 0.2) is 0 Å². The molecule has 2 aliphatic rings. The number of hydrogen-bond donors (Lipinski definition) is 1. The van der Waals surface area contributed by atoms with E-state index < -0.39 is 13.5 Å². The van der Waals surface area contributed by atoms with Crippen LogP contribution in [-0.4, -0.2) is 25.2 Å². The van der Waals surface area contributed by atoms with E-state index in [-0.39, 0.29) is 6.61 Å². The number of aliphatic hydroxyl groups is 1. The van der Waals surface area contributed by atoms with Crippen molar-refractivity contribution in [1.29, 1.82) is 0 Å². The van der Waals surface area contributed by atoms with Crippen molar-refractivity contribution in [3.8, 4) is 0 Å². The molecule has 82 valence electrons. The maximum absolute atomic E-state index is 8.92. The Hall–Kier alpha value is -0.381. The van der Waals surface area contributed by atoms with Crippen LogP contribution in [-0.2, 0) is 20.9 Å². The van der Waals surface area contributed by atoms with E-state index in [0.717, 1.165) is 11.7 Å². The Morgan fingerprint density at radius 2 is 1.87 bits per heavy atom. The Morgan fingerprint density at radius 3 is 2.47 bits per heavy atom. The fourth-order valence-corrected chi connectivity index (χ4v) is 8.38. The monoisotopic (exact) mass is 274 g/mol. The van der Waals surface area contributed by atoms with Crippen LogP contribution in [0.1, 0.15) is 17.5 Å². The van der Waals surface area contributed by atoms with E-state index in [1.165, 1.54) is 15.6 Å². The van der Waals surface area contributed by atoms with Crippen LogP contribution in [0.2, 0.25) is 5.32 Å². The zero-order valence-corrected chi connectivity index (χ0v) is 10.2. The van der Waals surface area contributed by atoms with Crippen molar-refractivity contribution < 1.29 is 12.7 Å². The summed E-state index contributed by atoms with van der Waals surface area (Å²) in [6.07, 6.45) is 0.785. The molecule has 3 rings (SSSR count). The molecule has 0 atom stereocenters. The number of rotatable bonds is 3. The molecule has 2 heterocycles. The van der Waals surface area contributed by atoms with Crippen LogP contribution in [0, 0.1) is 0 Å². The second-order valence-corrected chi connectivity index (χ2v) is 9.11. The van der Waals surface area contributed by atoms with Crippen molar-refractivity contribution in [3.63, 3.8) is 0 Å². The summed E-state index contributed by atoms with van der Waals surface area (Å²) in [5.41, 5.74) is 2.62. The summed E-state index contributed by atoms with van der Waals surface area (Å²) >= 11 is -2.31. The van der Waals surface area contributed by atoms with Gasteiger partial charge in [0.1, 0.15) is 0 Å². The van der Waals surface area contributed by atoms with Crippen LogP contribution < -0.4 is 4.46 Å². The quantitative estimate of drug-likeness (QED) is 0.827. The first-order valence-electron chi connectivity index (χ1n) is 5.17. The summed E-state index contributed by atoms with van der Waals surface area (Å²) in [7, 11) is 0. The SMILES string of the molecule is OCCC[Se]12OCc3cccc(c31)CO2. The van der Waals surface area contributed by atoms with E-state index in [4.69, 9.17) is 12.7 Å². The van der Waals surface area contributed by atoms with Crippen LogP contribution in [0.5, 0.6) is 0 Å². The molecule has 2 aliphatic heterocycles. The normalized spacial score (nSPS) is 22.7. The molecule has 0 aliphatic carbocycles. The summed E-state index contributed by atoms with van der Waals surface area (Å²) < 4.78 is 13.3. The predicted molar refractivity (Wildman–Crippen MR) is 57.9 cm³/mol. The van der Waals surface area contributed by atoms with E-state index in [2.05, 4.69) is 18.2 Å². The van der Waals surface area contributed by atoms with E-state index in [1.54, 1.807) is 0 Å². The first-order valence-corrected chi connectivity index (χ1v) is 8.64. The molecule has 0 spiro atoms. The minimum atomic E-state index is -2.31. The van der Waals surface area contributed by atoms with Crippen LogP contribution in [0.4, 0.5) is 0 Å². The third-order valence-electron chi connectivity index (χ3n) is 2.87. The molecule has 0 aromatic heterocycles. The molecule has 0 bridgehead atoms. The van der Waals surface area contributed by atoms with E-state index in [9.17, 15) is 0 Å². The van der Waals surface area contributed by atoms with Crippen molar-refractivity contribution in [1.82, 2.24) is 0 Å². The van der Waals surface area contributed by atoms with Crippen LogP contribution in [0.25, 0.3) is 0 Å². The standard InChI is InChI=1S/C11H14O3Se/c12-5-2-6-15-11-9(7-13-15)3-1-4-10(11)8-14-15/h1,3-4,12H,2,5-8H2. The number of hydrogen-bond acceptors (Lipinski definition) is 3. The van der Waals surface area contributed by atoms with E-state index in [0.29, 0.717) is 13.2 Å². The average Bonchev–Trinajstić information content (AvgIpc) is 2.81.